The fraction of sp³-hybridized carbons (Fsp3) is 0.727. The van der Waals surface area contributed by atoms with Crippen LogP contribution < -0.4 is 16.0 Å². The molecule has 1 aromatic rings. The van der Waals surface area contributed by atoms with Crippen molar-refractivity contribution in [1.82, 2.24) is 19.9 Å². The van der Waals surface area contributed by atoms with E-state index in [0.717, 1.165) is 19.1 Å². The first kappa shape index (κ1) is 12.8. The molecule has 0 spiro atoms. The van der Waals surface area contributed by atoms with Gasteiger partial charge < -0.3 is 20.9 Å². The standard InChI is InChI=1S/C11H21N7/c1-17(2)11-15-9(12)14-10(16-11)13-6-7-18(3)8-4-5-8/h8H,4-7H2,1-3H3,(H3,12,13,14,15,16). The van der Waals surface area contributed by atoms with Crippen molar-refractivity contribution in [2.24, 2.45) is 0 Å². The molecule has 0 saturated heterocycles. The zero-order valence-electron chi connectivity index (χ0n) is 11.2. The van der Waals surface area contributed by atoms with Gasteiger partial charge in [-0.05, 0) is 19.9 Å². The molecule has 1 aliphatic rings. The van der Waals surface area contributed by atoms with E-state index in [1.807, 2.05) is 14.1 Å². The Balaban J connectivity index is 1.87. The van der Waals surface area contributed by atoms with Gasteiger partial charge in [0, 0.05) is 33.2 Å². The van der Waals surface area contributed by atoms with Gasteiger partial charge in [-0.1, -0.05) is 0 Å². The van der Waals surface area contributed by atoms with Crippen LogP contribution in [0.25, 0.3) is 0 Å². The second-order valence-electron chi connectivity index (χ2n) is 4.85. The molecule has 0 radical (unpaired) electrons. The first-order valence-corrected chi connectivity index (χ1v) is 6.19. The summed E-state index contributed by atoms with van der Waals surface area (Å²) in [4.78, 5) is 16.6. The van der Waals surface area contributed by atoms with Gasteiger partial charge in [0.2, 0.25) is 17.8 Å². The molecule has 0 bridgehead atoms. The maximum absolute atomic E-state index is 5.65. The Morgan fingerprint density at radius 2 is 1.94 bits per heavy atom. The lowest BCUT2D eigenvalue weighted by atomic mass is 10.5. The highest BCUT2D eigenvalue weighted by Gasteiger charge is 2.25. The lowest BCUT2D eigenvalue weighted by Crippen LogP contribution is -2.27. The third kappa shape index (κ3) is 3.43. The minimum absolute atomic E-state index is 0.242. The quantitative estimate of drug-likeness (QED) is 0.737. The average Bonchev–Trinajstić information content (AvgIpc) is 3.11. The maximum Gasteiger partial charge on any atom is 0.231 e. The van der Waals surface area contributed by atoms with Crippen molar-refractivity contribution in [2.45, 2.75) is 18.9 Å². The maximum atomic E-state index is 5.65. The minimum atomic E-state index is 0.242. The average molecular weight is 251 g/mol. The number of rotatable bonds is 6. The lowest BCUT2D eigenvalue weighted by molar-refractivity contribution is 0.337. The molecule has 0 atom stereocenters. The summed E-state index contributed by atoms with van der Waals surface area (Å²) in [6, 6.07) is 0.771. The van der Waals surface area contributed by atoms with Crippen molar-refractivity contribution in [2.75, 3.05) is 50.2 Å². The third-order valence-electron chi connectivity index (χ3n) is 2.96. The molecule has 2 rings (SSSR count). The number of hydrogen-bond acceptors (Lipinski definition) is 7. The van der Waals surface area contributed by atoms with E-state index in [-0.39, 0.29) is 5.95 Å². The topological polar surface area (TPSA) is 83.2 Å². The van der Waals surface area contributed by atoms with E-state index in [2.05, 4.69) is 32.2 Å². The van der Waals surface area contributed by atoms with Crippen molar-refractivity contribution in [3.63, 3.8) is 0 Å². The number of nitrogens with one attached hydrogen (secondary N) is 1. The Morgan fingerprint density at radius 1 is 1.22 bits per heavy atom. The summed E-state index contributed by atoms with van der Waals surface area (Å²) in [6.45, 7) is 1.79. The molecule has 1 aliphatic carbocycles. The molecule has 100 valence electrons. The van der Waals surface area contributed by atoms with E-state index >= 15 is 0 Å². The van der Waals surface area contributed by atoms with Crippen LogP contribution in [0.1, 0.15) is 12.8 Å². The first-order valence-electron chi connectivity index (χ1n) is 6.19. The van der Waals surface area contributed by atoms with Crippen LogP contribution in [-0.2, 0) is 0 Å². The van der Waals surface area contributed by atoms with E-state index in [1.54, 1.807) is 4.90 Å². The summed E-state index contributed by atoms with van der Waals surface area (Å²) in [5.74, 6) is 1.35. The summed E-state index contributed by atoms with van der Waals surface area (Å²) >= 11 is 0. The van der Waals surface area contributed by atoms with Gasteiger partial charge in [0.1, 0.15) is 0 Å². The van der Waals surface area contributed by atoms with Gasteiger partial charge in [-0.15, -0.1) is 0 Å². The van der Waals surface area contributed by atoms with Gasteiger partial charge in [0.25, 0.3) is 0 Å². The monoisotopic (exact) mass is 251 g/mol. The molecule has 18 heavy (non-hydrogen) atoms. The van der Waals surface area contributed by atoms with Gasteiger partial charge in [-0.3, -0.25) is 0 Å². The Morgan fingerprint density at radius 3 is 2.56 bits per heavy atom. The third-order valence-corrected chi connectivity index (χ3v) is 2.96. The fourth-order valence-electron chi connectivity index (χ4n) is 1.70. The number of hydrogen-bond donors (Lipinski definition) is 2. The molecule has 0 unspecified atom stereocenters. The Kier molecular flexibility index (Phi) is 3.81. The van der Waals surface area contributed by atoms with Crippen molar-refractivity contribution in [3.8, 4) is 0 Å². The van der Waals surface area contributed by atoms with Crippen LogP contribution in [-0.4, -0.2) is 60.1 Å². The van der Waals surface area contributed by atoms with Gasteiger partial charge in [-0.25, -0.2) is 0 Å². The normalized spacial score (nSPS) is 14.9. The van der Waals surface area contributed by atoms with Crippen LogP contribution in [0.3, 0.4) is 0 Å². The van der Waals surface area contributed by atoms with Crippen molar-refractivity contribution < 1.29 is 0 Å². The summed E-state index contributed by atoms with van der Waals surface area (Å²) in [5, 5.41) is 3.18. The SMILES string of the molecule is CN(C)c1nc(N)nc(NCCN(C)C2CC2)n1. The summed E-state index contributed by atoms with van der Waals surface area (Å²) in [6.07, 6.45) is 2.64. The molecule has 7 heteroatoms. The Labute approximate surface area is 107 Å². The van der Waals surface area contributed by atoms with E-state index < -0.39 is 0 Å². The van der Waals surface area contributed by atoms with Crippen molar-refractivity contribution >= 4 is 17.8 Å². The molecule has 3 N–H and O–H groups in total. The van der Waals surface area contributed by atoms with E-state index in [1.165, 1.54) is 12.8 Å². The molecule has 1 heterocycles. The summed E-state index contributed by atoms with van der Waals surface area (Å²) in [5.41, 5.74) is 5.65. The molecule has 0 amide bonds. The van der Waals surface area contributed by atoms with E-state index in [9.17, 15) is 0 Å². The first-order chi connectivity index (χ1) is 8.56. The molecule has 0 aromatic carbocycles. The zero-order valence-corrected chi connectivity index (χ0v) is 11.2. The van der Waals surface area contributed by atoms with Crippen LogP contribution in [0.15, 0.2) is 0 Å². The number of anilines is 3. The number of nitrogens with two attached hydrogens (primary N) is 1. The lowest BCUT2D eigenvalue weighted by Gasteiger charge is -2.16. The number of likely N-dealkylation sites (N-methyl/N-ethyl adjacent to an activating group) is 1. The predicted octanol–water partition coefficient (Wildman–Crippen LogP) is 0.0259. The number of nitrogens with zero attached hydrogens (tertiary/aromatic N) is 5. The Hall–Kier alpha value is -1.63. The second-order valence-corrected chi connectivity index (χ2v) is 4.85. The highest BCUT2D eigenvalue weighted by Crippen LogP contribution is 2.24. The molecule has 7 nitrogen and oxygen atoms in total. The van der Waals surface area contributed by atoms with Crippen LogP contribution >= 0.6 is 0 Å². The Bertz CT molecular complexity index is 402. The zero-order chi connectivity index (χ0) is 13.1. The van der Waals surface area contributed by atoms with Crippen LogP contribution in [0.4, 0.5) is 17.8 Å². The molecule has 1 saturated carbocycles. The molecule has 1 aromatic heterocycles. The smallest absolute Gasteiger partial charge is 0.231 e. The highest BCUT2D eigenvalue weighted by molar-refractivity contribution is 5.40. The number of aromatic nitrogens is 3. The highest BCUT2D eigenvalue weighted by atomic mass is 15.3. The molecule has 1 fully saturated rings. The van der Waals surface area contributed by atoms with Crippen LogP contribution in [0.5, 0.6) is 0 Å². The predicted molar refractivity (Wildman–Crippen MR) is 72.7 cm³/mol. The van der Waals surface area contributed by atoms with Crippen LogP contribution in [0, 0.1) is 0 Å². The van der Waals surface area contributed by atoms with Crippen molar-refractivity contribution in [3.05, 3.63) is 0 Å². The van der Waals surface area contributed by atoms with E-state index in [4.69, 9.17) is 5.73 Å². The van der Waals surface area contributed by atoms with Crippen molar-refractivity contribution in [1.29, 1.82) is 0 Å². The fourth-order valence-corrected chi connectivity index (χ4v) is 1.70. The van der Waals surface area contributed by atoms with Gasteiger partial charge in [0.05, 0.1) is 0 Å². The van der Waals surface area contributed by atoms with Crippen LogP contribution in [0.2, 0.25) is 0 Å². The number of nitrogen functional groups attached to an aromatic ring is 1. The largest absolute Gasteiger partial charge is 0.368 e. The second kappa shape index (κ2) is 5.34. The van der Waals surface area contributed by atoms with Gasteiger partial charge in [-0.2, -0.15) is 15.0 Å². The summed E-state index contributed by atoms with van der Waals surface area (Å²) < 4.78 is 0. The van der Waals surface area contributed by atoms with Gasteiger partial charge in [0.15, 0.2) is 0 Å². The van der Waals surface area contributed by atoms with E-state index in [0.29, 0.717) is 11.9 Å². The summed E-state index contributed by atoms with van der Waals surface area (Å²) in [7, 11) is 5.89. The molecule has 0 aliphatic heterocycles. The van der Waals surface area contributed by atoms with Gasteiger partial charge >= 0.3 is 0 Å². The minimum Gasteiger partial charge on any atom is -0.368 e. The molecular weight excluding hydrogens is 230 g/mol. The molecular formula is C11H21N7.